The maximum atomic E-state index is 13.9. The first-order chi connectivity index (χ1) is 21.4. The van der Waals surface area contributed by atoms with Gasteiger partial charge in [0.05, 0.1) is 43.6 Å². The summed E-state index contributed by atoms with van der Waals surface area (Å²) >= 11 is 0. The summed E-state index contributed by atoms with van der Waals surface area (Å²) in [5.74, 6) is -0.106. The molecule has 2 aliphatic rings. The van der Waals surface area contributed by atoms with Crippen molar-refractivity contribution in [1.29, 1.82) is 0 Å². The van der Waals surface area contributed by atoms with Gasteiger partial charge in [-0.2, -0.15) is 13.2 Å². The van der Waals surface area contributed by atoms with Gasteiger partial charge in [-0.05, 0) is 89.6 Å². The maximum absolute atomic E-state index is 13.9. The van der Waals surface area contributed by atoms with E-state index in [1.54, 1.807) is 36.4 Å². The molecule has 0 radical (unpaired) electrons. The molecule has 0 spiro atoms. The van der Waals surface area contributed by atoms with Gasteiger partial charge in [0.15, 0.2) is 6.79 Å². The maximum Gasteiger partial charge on any atom is 0.416 e. The van der Waals surface area contributed by atoms with Crippen LogP contribution in [0.15, 0.2) is 60.9 Å². The van der Waals surface area contributed by atoms with E-state index in [0.717, 1.165) is 24.8 Å². The Morgan fingerprint density at radius 2 is 1.78 bits per heavy atom. The summed E-state index contributed by atoms with van der Waals surface area (Å²) in [7, 11) is -2.14. The predicted molar refractivity (Wildman–Crippen MR) is 164 cm³/mol. The van der Waals surface area contributed by atoms with E-state index in [9.17, 15) is 26.4 Å². The van der Waals surface area contributed by atoms with Crippen LogP contribution in [0.5, 0.6) is 5.75 Å². The zero-order chi connectivity index (χ0) is 32.2. The molecule has 0 atom stereocenters. The lowest BCUT2D eigenvalue weighted by molar-refractivity contribution is -0.137. The average molecular weight is 647 g/mol. The molecule has 240 valence electrons. The van der Waals surface area contributed by atoms with Crippen LogP contribution in [0.25, 0.3) is 16.7 Å². The zero-order valence-corrected chi connectivity index (χ0v) is 25.6. The van der Waals surface area contributed by atoms with Gasteiger partial charge in [-0.25, -0.2) is 8.42 Å². The van der Waals surface area contributed by atoms with Crippen molar-refractivity contribution >= 4 is 32.9 Å². The minimum absolute atomic E-state index is 0.137. The Hall–Kier alpha value is -4.07. The van der Waals surface area contributed by atoms with Gasteiger partial charge in [0, 0.05) is 24.9 Å². The fourth-order valence-electron chi connectivity index (χ4n) is 5.23. The van der Waals surface area contributed by atoms with Crippen molar-refractivity contribution in [3.8, 4) is 16.9 Å². The number of fused-ring (bicyclic) bond motifs is 1. The topological polar surface area (TPSA) is 103 Å². The molecular formula is C32H33F3N2O7S. The number of hydrogen-bond donors (Lipinski definition) is 1. The molecule has 2 heterocycles. The molecule has 0 unspecified atom stereocenters. The Morgan fingerprint density at radius 3 is 2.49 bits per heavy atom. The summed E-state index contributed by atoms with van der Waals surface area (Å²) in [6, 6.07) is 13.7. The molecule has 3 aromatic rings. The normalized spacial score (nSPS) is 15.3. The summed E-state index contributed by atoms with van der Waals surface area (Å²) < 4.78 is 89.3. The minimum Gasteiger partial charge on any atom is -0.501 e. The average Bonchev–Trinajstić information content (AvgIpc) is 3.00. The summed E-state index contributed by atoms with van der Waals surface area (Å²) in [4.78, 5) is 15.1. The van der Waals surface area contributed by atoms with Crippen LogP contribution in [0.3, 0.4) is 0 Å². The molecule has 1 amide bonds. The number of allylic oxidation sites excluding steroid dienone is 1. The van der Waals surface area contributed by atoms with Crippen molar-refractivity contribution < 1.29 is 45.3 Å². The minimum atomic E-state index is -4.53. The molecule has 0 aromatic heterocycles. The molecule has 45 heavy (non-hydrogen) atoms. The number of sulfonamides is 1. The van der Waals surface area contributed by atoms with Gasteiger partial charge in [-0.3, -0.25) is 9.52 Å². The van der Waals surface area contributed by atoms with Crippen molar-refractivity contribution in [2.45, 2.75) is 25.4 Å². The molecular weight excluding hydrogens is 613 g/mol. The molecule has 9 nitrogen and oxygen atoms in total. The largest absolute Gasteiger partial charge is 0.501 e. The van der Waals surface area contributed by atoms with Crippen LogP contribution < -0.4 is 14.4 Å². The number of methoxy groups -OCH3 is 1. The summed E-state index contributed by atoms with van der Waals surface area (Å²) in [6.07, 6.45) is -0.235. The predicted octanol–water partition coefficient (Wildman–Crippen LogP) is 6.10. The Kier molecular flexibility index (Phi) is 9.70. The van der Waals surface area contributed by atoms with Crippen molar-refractivity contribution in [3.05, 3.63) is 83.1 Å². The highest BCUT2D eigenvalue weighted by Gasteiger charge is 2.32. The van der Waals surface area contributed by atoms with Crippen LogP contribution in [0.4, 0.5) is 24.5 Å². The second kappa shape index (κ2) is 13.5. The number of amides is 1. The number of carbonyl (C=O) groups excluding carboxylic acids is 1. The number of anilines is 2. The molecule has 0 saturated carbocycles. The number of nitrogens with one attached hydrogen (secondary N) is 1. The Balaban J connectivity index is 1.41. The Labute approximate surface area is 259 Å². The summed E-state index contributed by atoms with van der Waals surface area (Å²) in [5, 5.41) is 0. The van der Waals surface area contributed by atoms with Crippen molar-refractivity contribution in [2.24, 2.45) is 0 Å². The third-order valence-electron chi connectivity index (χ3n) is 7.38. The molecule has 13 heteroatoms. The van der Waals surface area contributed by atoms with Crippen LogP contribution in [-0.4, -0.2) is 60.8 Å². The third kappa shape index (κ3) is 7.96. The number of ether oxygens (including phenoxy) is 4. The lowest BCUT2D eigenvalue weighted by Crippen LogP contribution is -2.37. The smallest absolute Gasteiger partial charge is 0.416 e. The van der Waals surface area contributed by atoms with Gasteiger partial charge < -0.3 is 23.8 Å². The molecule has 3 aromatic carbocycles. The van der Waals surface area contributed by atoms with Gasteiger partial charge in [0.2, 0.25) is 10.0 Å². The van der Waals surface area contributed by atoms with E-state index in [1.165, 1.54) is 24.3 Å². The lowest BCUT2D eigenvalue weighted by Gasteiger charge is -2.29. The van der Waals surface area contributed by atoms with Crippen LogP contribution in [0, 0.1) is 0 Å². The molecule has 5 rings (SSSR count). The summed E-state index contributed by atoms with van der Waals surface area (Å²) in [5.41, 5.74) is 3.05. The highest BCUT2D eigenvalue weighted by Crippen LogP contribution is 2.38. The van der Waals surface area contributed by atoms with E-state index in [4.69, 9.17) is 18.9 Å². The zero-order valence-electron chi connectivity index (χ0n) is 24.8. The third-order valence-corrected chi connectivity index (χ3v) is 7.97. The Bertz CT molecular complexity index is 1710. The van der Waals surface area contributed by atoms with Gasteiger partial charge in [0.1, 0.15) is 5.75 Å². The number of carbonyl (C=O) groups is 1. The van der Waals surface area contributed by atoms with E-state index in [1.807, 2.05) is 0 Å². The van der Waals surface area contributed by atoms with E-state index in [-0.39, 0.29) is 37.3 Å². The standard InChI is InChI=1S/C32H33F3N2O7S/c1-41-12-13-43-20-44-30-8-6-27(18-29(30)36-45(2,39)40)37-10-9-22-14-21(5-7-28(22)31(37)38)24-15-25(23-4-3-11-42-19-23)17-26(16-24)32(33,34)35/h5-8,14-19,36H,3-4,9-13,20H2,1-2H3. The van der Waals surface area contributed by atoms with Crippen LogP contribution in [0.1, 0.15) is 39.9 Å². The Morgan fingerprint density at radius 1 is 0.978 bits per heavy atom. The molecule has 2 aliphatic heterocycles. The van der Waals surface area contributed by atoms with Crippen LogP contribution in [0.2, 0.25) is 0 Å². The second-order valence-electron chi connectivity index (χ2n) is 10.7. The first kappa shape index (κ1) is 32.3. The molecule has 0 bridgehead atoms. The number of nitrogens with zero attached hydrogens (tertiary/aromatic N) is 1. The highest BCUT2D eigenvalue weighted by molar-refractivity contribution is 7.92. The molecule has 0 saturated heterocycles. The van der Waals surface area contributed by atoms with Crippen LogP contribution in [-0.2, 0) is 36.8 Å². The van der Waals surface area contributed by atoms with Crippen LogP contribution >= 0.6 is 0 Å². The van der Waals surface area contributed by atoms with Gasteiger partial charge in [-0.1, -0.05) is 12.1 Å². The molecule has 0 aliphatic carbocycles. The monoisotopic (exact) mass is 646 g/mol. The van der Waals surface area contributed by atoms with Crippen molar-refractivity contribution in [3.63, 3.8) is 0 Å². The SMILES string of the molecule is COCCOCOc1ccc(N2CCc3cc(-c4cc(C5=COCCC5)cc(C(F)(F)F)c4)ccc3C2=O)cc1NS(C)(=O)=O. The second-order valence-corrected chi connectivity index (χ2v) is 12.5. The number of rotatable bonds is 11. The summed E-state index contributed by atoms with van der Waals surface area (Å²) in [6.45, 7) is 1.31. The van der Waals surface area contributed by atoms with E-state index < -0.39 is 21.8 Å². The molecule has 0 fully saturated rings. The quantitative estimate of drug-likeness (QED) is 0.199. The fraction of sp³-hybridized carbons (Fsp3) is 0.344. The van der Waals surface area contributed by atoms with E-state index in [2.05, 4.69) is 4.72 Å². The number of halogens is 3. The van der Waals surface area contributed by atoms with E-state index in [0.29, 0.717) is 65.1 Å². The number of alkyl halides is 3. The first-order valence-corrected chi connectivity index (χ1v) is 16.1. The number of benzene rings is 3. The first-order valence-electron chi connectivity index (χ1n) is 14.2. The number of hydrogen-bond acceptors (Lipinski definition) is 7. The highest BCUT2D eigenvalue weighted by atomic mass is 32.2. The van der Waals surface area contributed by atoms with Gasteiger partial charge >= 0.3 is 6.18 Å². The van der Waals surface area contributed by atoms with Gasteiger partial charge in [0.25, 0.3) is 5.91 Å². The fourth-order valence-corrected chi connectivity index (χ4v) is 5.79. The van der Waals surface area contributed by atoms with Crippen molar-refractivity contribution in [2.75, 3.05) is 56.1 Å². The van der Waals surface area contributed by atoms with Crippen molar-refractivity contribution in [1.82, 2.24) is 0 Å². The lowest BCUT2D eigenvalue weighted by atomic mass is 9.90. The van der Waals surface area contributed by atoms with E-state index >= 15 is 0 Å². The van der Waals surface area contributed by atoms with Gasteiger partial charge in [-0.15, -0.1) is 0 Å². The molecule has 1 N–H and O–H groups in total.